The predicted octanol–water partition coefficient (Wildman–Crippen LogP) is 3.35. The quantitative estimate of drug-likeness (QED) is 0.661. The Balaban J connectivity index is 2.04. The Morgan fingerprint density at radius 2 is 1.70 bits per heavy atom. The molecule has 1 unspecified atom stereocenters. The van der Waals surface area contributed by atoms with Gasteiger partial charge in [-0.05, 0) is 51.3 Å². The summed E-state index contributed by atoms with van der Waals surface area (Å²) in [6.45, 7) is 0. The third kappa shape index (κ3) is 2.40. The first-order valence-electron chi connectivity index (χ1n) is 5.89. The summed E-state index contributed by atoms with van der Waals surface area (Å²) >= 11 is 9.35. The summed E-state index contributed by atoms with van der Waals surface area (Å²) in [5, 5.41) is 10.9. The average Bonchev–Trinajstić information content (AvgIpc) is 2.80. The highest BCUT2D eigenvalue weighted by atomic mass is 79.9. The smallest absolute Gasteiger partial charge is 0.323 e. The minimum Gasteiger partial charge on any atom is -0.384 e. The number of aromatic amines is 2. The lowest BCUT2D eigenvalue weighted by Crippen LogP contribution is -2.00. The molecule has 3 aromatic rings. The Bertz CT molecular complexity index is 841. The number of H-pyrrole nitrogens is 2. The zero-order valence-corrected chi connectivity index (χ0v) is 12.5. The fourth-order valence-corrected chi connectivity index (χ4v) is 2.53. The van der Waals surface area contributed by atoms with Gasteiger partial charge in [0.1, 0.15) is 6.10 Å². The molecule has 0 spiro atoms. The summed E-state index contributed by atoms with van der Waals surface area (Å²) in [4.78, 5) is 16.6. The molecule has 102 valence electrons. The van der Waals surface area contributed by atoms with Gasteiger partial charge in [0, 0.05) is 4.47 Å². The van der Waals surface area contributed by atoms with Crippen LogP contribution in [-0.4, -0.2) is 15.1 Å². The highest BCUT2D eigenvalue weighted by Crippen LogP contribution is 2.29. The molecule has 0 bridgehead atoms. The van der Waals surface area contributed by atoms with Crippen molar-refractivity contribution in [3.05, 3.63) is 67.5 Å². The molecule has 1 atom stereocenters. The number of fused-ring (bicyclic) bond motifs is 1. The number of hydrogen-bond donors (Lipinski definition) is 3. The maximum absolute atomic E-state index is 11.2. The highest BCUT2D eigenvalue weighted by molar-refractivity contribution is 9.10. The number of imidazole rings is 1. The lowest BCUT2D eigenvalue weighted by Gasteiger charge is -2.12. The third-order valence-corrected chi connectivity index (χ3v) is 4.35. The maximum Gasteiger partial charge on any atom is 0.323 e. The average molecular weight is 354 g/mol. The van der Waals surface area contributed by atoms with Gasteiger partial charge in [-0.2, -0.15) is 0 Å². The van der Waals surface area contributed by atoms with Gasteiger partial charge in [0.2, 0.25) is 0 Å². The van der Waals surface area contributed by atoms with Gasteiger partial charge in [0.05, 0.1) is 16.1 Å². The molecule has 0 aliphatic heterocycles. The molecule has 0 amide bonds. The van der Waals surface area contributed by atoms with E-state index in [1.165, 1.54) is 0 Å². The molecule has 3 rings (SSSR count). The molecule has 0 fully saturated rings. The normalized spacial score (nSPS) is 12.8. The topological polar surface area (TPSA) is 68.9 Å². The molecule has 0 saturated carbocycles. The van der Waals surface area contributed by atoms with E-state index in [-0.39, 0.29) is 5.69 Å². The molecule has 0 saturated heterocycles. The third-order valence-electron chi connectivity index (χ3n) is 3.12. The minimum atomic E-state index is -0.802. The first-order chi connectivity index (χ1) is 9.54. The van der Waals surface area contributed by atoms with Crippen LogP contribution in [0.25, 0.3) is 11.0 Å². The molecule has 3 N–H and O–H groups in total. The Morgan fingerprint density at radius 3 is 2.45 bits per heavy atom. The van der Waals surface area contributed by atoms with Gasteiger partial charge in [-0.25, -0.2) is 4.79 Å². The fourth-order valence-electron chi connectivity index (χ4n) is 2.10. The van der Waals surface area contributed by atoms with Crippen molar-refractivity contribution in [1.82, 2.24) is 9.97 Å². The van der Waals surface area contributed by atoms with E-state index in [1.807, 2.05) is 0 Å². The summed E-state index contributed by atoms with van der Waals surface area (Å²) < 4.78 is 0.778. The number of aliphatic hydroxyl groups is 1. The predicted molar refractivity (Wildman–Crippen MR) is 82.1 cm³/mol. The van der Waals surface area contributed by atoms with Crippen LogP contribution in [0.3, 0.4) is 0 Å². The summed E-state index contributed by atoms with van der Waals surface area (Å²) in [5.74, 6) is 0. The minimum absolute atomic E-state index is 0.265. The molecule has 0 aliphatic carbocycles. The molecular weight excluding hydrogens is 344 g/mol. The van der Waals surface area contributed by atoms with E-state index in [1.54, 1.807) is 36.4 Å². The molecular formula is C14H10BrClN2O2. The number of hydrogen-bond acceptors (Lipinski definition) is 2. The second-order valence-corrected chi connectivity index (χ2v) is 5.72. The van der Waals surface area contributed by atoms with Crippen LogP contribution in [0.2, 0.25) is 5.02 Å². The fraction of sp³-hybridized carbons (Fsp3) is 0.0714. The van der Waals surface area contributed by atoms with E-state index in [9.17, 15) is 9.90 Å². The van der Waals surface area contributed by atoms with Crippen LogP contribution in [0.4, 0.5) is 0 Å². The zero-order valence-electron chi connectivity index (χ0n) is 10.2. The molecule has 1 aromatic heterocycles. The number of benzene rings is 2. The second-order valence-electron chi connectivity index (χ2n) is 4.46. The standard InChI is InChI=1S/C14H10BrClN2O2/c15-9-3-1-7(5-10(9)16)13(19)8-2-4-11-12(6-8)18-14(20)17-11/h1-6,13,19H,(H2,17,18,20). The van der Waals surface area contributed by atoms with Crippen molar-refractivity contribution in [1.29, 1.82) is 0 Å². The van der Waals surface area contributed by atoms with Crippen molar-refractivity contribution in [2.75, 3.05) is 0 Å². The van der Waals surface area contributed by atoms with Crippen LogP contribution < -0.4 is 5.69 Å². The van der Waals surface area contributed by atoms with Gasteiger partial charge >= 0.3 is 5.69 Å². The molecule has 4 nitrogen and oxygen atoms in total. The van der Waals surface area contributed by atoms with Gasteiger partial charge in [-0.1, -0.05) is 23.7 Å². The van der Waals surface area contributed by atoms with E-state index < -0.39 is 6.10 Å². The summed E-state index contributed by atoms with van der Waals surface area (Å²) in [6, 6.07) is 10.6. The van der Waals surface area contributed by atoms with E-state index in [4.69, 9.17) is 11.6 Å². The molecule has 6 heteroatoms. The van der Waals surface area contributed by atoms with Crippen molar-refractivity contribution in [2.24, 2.45) is 0 Å². The largest absolute Gasteiger partial charge is 0.384 e. The van der Waals surface area contributed by atoms with Crippen molar-refractivity contribution in [3.63, 3.8) is 0 Å². The maximum atomic E-state index is 11.2. The zero-order chi connectivity index (χ0) is 14.3. The Labute approximate surface area is 127 Å². The molecule has 2 aromatic carbocycles. The van der Waals surface area contributed by atoms with E-state index in [0.29, 0.717) is 27.2 Å². The van der Waals surface area contributed by atoms with Crippen LogP contribution in [0.5, 0.6) is 0 Å². The van der Waals surface area contributed by atoms with Gasteiger partial charge in [-0.3, -0.25) is 0 Å². The van der Waals surface area contributed by atoms with E-state index in [2.05, 4.69) is 25.9 Å². The number of nitrogens with one attached hydrogen (secondary N) is 2. The molecule has 1 heterocycles. The van der Waals surface area contributed by atoms with Crippen LogP contribution in [0.1, 0.15) is 17.2 Å². The van der Waals surface area contributed by atoms with Crippen LogP contribution in [0.15, 0.2) is 45.7 Å². The Kier molecular flexibility index (Phi) is 3.41. The van der Waals surface area contributed by atoms with Gasteiger partial charge < -0.3 is 15.1 Å². The number of aliphatic hydroxyl groups excluding tert-OH is 1. The lowest BCUT2D eigenvalue weighted by molar-refractivity contribution is 0.220. The number of halogens is 2. The summed E-state index contributed by atoms with van der Waals surface area (Å²) in [6.07, 6.45) is -0.802. The summed E-state index contributed by atoms with van der Waals surface area (Å²) in [5.41, 5.74) is 2.48. The van der Waals surface area contributed by atoms with Crippen molar-refractivity contribution in [3.8, 4) is 0 Å². The van der Waals surface area contributed by atoms with Crippen LogP contribution in [-0.2, 0) is 0 Å². The highest BCUT2D eigenvalue weighted by Gasteiger charge is 2.13. The van der Waals surface area contributed by atoms with Crippen LogP contribution >= 0.6 is 27.5 Å². The molecule has 0 radical (unpaired) electrons. The second kappa shape index (κ2) is 5.09. The van der Waals surface area contributed by atoms with Crippen molar-refractivity contribution in [2.45, 2.75) is 6.10 Å². The SMILES string of the molecule is O=c1[nH]c2ccc(C(O)c3ccc(Br)c(Cl)c3)cc2[nH]1. The van der Waals surface area contributed by atoms with E-state index in [0.717, 1.165) is 4.47 Å². The molecule has 20 heavy (non-hydrogen) atoms. The summed E-state index contributed by atoms with van der Waals surface area (Å²) in [7, 11) is 0. The van der Waals surface area contributed by atoms with E-state index >= 15 is 0 Å². The number of aromatic nitrogens is 2. The van der Waals surface area contributed by atoms with Gasteiger partial charge in [-0.15, -0.1) is 0 Å². The first-order valence-corrected chi connectivity index (χ1v) is 7.06. The monoisotopic (exact) mass is 352 g/mol. The molecule has 0 aliphatic rings. The Hall–Kier alpha value is -1.56. The lowest BCUT2D eigenvalue weighted by atomic mass is 10.0. The van der Waals surface area contributed by atoms with Crippen molar-refractivity contribution >= 4 is 38.6 Å². The first kappa shape index (κ1) is 13.4. The number of rotatable bonds is 2. The Morgan fingerprint density at radius 1 is 1.05 bits per heavy atom. The van der Waals surface area contributed by atoms with Gasteiger partial charge in [0.15, 0.2) is 0 Å². The van der Waals surface area contributed by atoms with Gasteiger partial charge in [0.25, 0.3) is 0 Å². The van der Waals surface area contributed by atoms with Crippen LogP contribution in [0, 0.1) is 0 Å². The van der Waals surface area contributed by atoms with Crippen molar-refractivity contribution < 1.29 is 5.11 Å².